The Kier molecular flexibility index (Phi) is 5.00. The highest BCUT2D eigenvalue weighted by Crippen LogP contribution is 2.18. The largest absolute Gasteiger partial charge is 0.207 e. The van der Waals surface area contributed by atoms with Gasteiger partial charge in [-0.2, -0.15) is 5.26 Å². The molecule has 2 aromatic rings. The standard InChI is InChI=1S/C18H14F3N/c1-2-3-12-4-6-14(16(19)8-12)7-5-13-9-17(20)15(11-22)18(21)10-13/h2,4,6,8-10H,1,3,5,7H2. The third-order valence-corrected chi connectivity index (χ3v) is 3.39. The van der Waals surface area contributed by atoms with Crippen LogP contribution in [0.1, 0.15) is 22.3 Å². The van der Waals surface area contributed by atoms with Crippen molar-refractivity contribution in [1.82, 2.24) is 0 Å². The number of hydrogen-bond acceptors (Lipinski definition) is 1. The van der Waals surface area contributed by atoms with E-state index in [1.165, 1.54) is 12.1 Å². The number of nitrogens with zero attached hydrogens (tertiary/aromatic N) is 1. The van der Waals surface area contributed by atoms with Crippen LogP contribution in [-0.2, 0) is 19.3 Å². The van der Waals surface area contributed by atoms with Gasteiger partial charge in [-0.15, -0.1) is 6.58 Å². The van der Waals surface area contributed by atoms with Crippen LogP contribution in [0.2, 0.25) is 0 Å². The lowest BCUT2D eigenvalue weighted by molar-refractivity contribution is 0.572. The first-order chi connectivity index (χ1) is 10.5. The maximum Gasteiger partial charge on any atom is 0.144 e. The molecule has 0 saturated heterocycles. The van der Waals surface area contributed by atoms with E-state index in [1.54, 1.807) is 18.2 Å². The number of allylic oxidation sites excluding steroid dienone is 1. The zero-order valence-electron chi connectivity index (χ0n) is 11.9. The van der Waals surface area contributed by atoms with E-state index in [0.29, 0.717) is 24.0 Å². The van der Waals surface area contributed by atoms with Gasteiger partial charge >= 0.3 is 0 Å². The molecule has 0 aliphatic rings. The Labute approximate surface area is 127 Å². The Morgan fingerprint density at radius 3 is 2.14 bits per heavy atom. The molecule has 0 N–H and O–H groups in total. The Balaban J connectivity index is 2.14. The second-order valence-electron chi connectivity index (χ2n) is 4.96. The molecular formula is C18H14F3N. The van der Waals surface area contributed by atoms with Crippen molar-refractivity contribution in [3.63, 3.8) is 0 Å². The fourth-order valence-corrected chi connectivity index (χ4v) is 2.24. The van der Waals surface area contributed by atoms with E-state index in [-0.39, 0.29) is 12.2 Å². The monoisotopic (exact) mass is 301 g/mol. The van der Waals surface area contributed by atoms with Crippen molar-refractivity contribution in [3.8, 4) is 6.07 Å². The van der Waals surface area contributed by atoms with Crippen molar-refractivity contribution in [2.75, 3.05) is 0 Å². The van der Waals surface area contributed by atoms with Gasteiger partial charge in [-0.1, -0.05) is 18.2 Å². The zero-order valence-corrected chi connectivity index (χ0v) is 11.9. The molecule has 0 bridgehead atoms. The van der Waals surface area contributed by atoms with Crippen LogP contribution < -0.4 is 0 Å². The zero-order chi connectivity index (χ0) is 16.1. The van der Waals surface area contributed by atoms with E-state index >= 15 is 0 Å². The van der Waals surface area contributed by atoms with Crippen molar-refractivity contribution in [1.29, 1.82) is 5.26 Å². The van der Waals surface area contributed by atoms with Gasteiger partial charge in [-0.25, -0.2) is 13.2 Å². The predicted octanol–water partition coefficient (Wildman–Crippen LogP) is 4.49. The van der Waals surface area contributed by atoms with Gasteiger partial charge in [-0.05, 0) is 54.2 Å². The summed E-state index contributed by atoms with van der Waals surface area (Å²) in [5, 5.41) is 8.62. The van der Waals surface area contributed by atoms with Gasteiger partial charge in [0.2, 0.25) is 0 Å². The topological polar surface area (TPSA) is 23.8 Å². The van der Waals surface area contributed by atoms with Gasteiger partial charge in [0.1, 0.15) is 29.1 Å². The second-order valence-corrected chi connectivity index (χ2v) is 4.96. The first-order valence-electron chi connectivity index (χ1n) is 6.81. The smallest absolute Gasteiger partial charge is 0.144 e. The average molecular weight is 301 g/mol. The molecule has 0 fully saturated rings. The van der Waals surface area contributed by atoms with Crippen molar-refractivity contribution in [3.05, 3.63) is 82.7 Å². The van der Waals surface area contributed by atoms with Gasteiger partial charge in [-0.3, -0.25) is 0 Å². The number of nitriles is 1. The number of aryl methyl sites for hydroxylation is 2. The molecule has 22 heavy (non-hydrogen) atoms. The van der Waals surface area contributed by atoms with E-state index in [2.05, 4.69) is 6.58 Å². The summed E-state index contributed by atoms with van der Waals surface area (Å²) in [6, 6.07) is 8.63. The number of halogens is 3. The van der Waals surface area contributed by atoms with E-state index < -0.39 is 17.2 Å². The molecule has 0 aliphatic heterocycles. The van der Waals surface area contributed by atoms with Crippen LogP contribution in [0.15, 0.2) is 43.0 Å². The van der Waals surface area contributed by atoms with Crippen LogP contribution >= 0.6 is 0 Å². The summed E-state index contributed by atoms with van der Waals surface area (Å²) in [5.41, 5.74) is 1.11. The van der Waals surface area contributed by atoms with Gasteiger partial charge in [0.25, 0.3) is 0 Å². The summed E-state index contributed by atoms with van der Waals surface area (Å²) in [4.78, 5) is 0. The quantitative estimate of drug-likeness (QED) is 0.746. The van der Waals surface area contributed by atoms with Crippen LogP contribution in [0, 0.1) is 28.8 Å². The average Bonchev–Trinajstić information content (AvgIpc) is 2.46. The molecule has 2 rings (SSSR count). The first-order valence-corrected chi connectivity index (χ1v) is 6.81. The van der Waals surface area contributed by atoms with Gasteiger partial charge < -0.3 is 0 Å². The van der Waals surface area contributed by atoms with Crippen molar-refractivity contribution >= 4 is 0 Å². The maximum atomic E-state index is 13.9. The van der Waals surface area contributed by atoms with Crippen LogP contribution in [0.4, 0.5) is 13.2 Å². The molecule has 0 spiro atoms. The van der Waals surface area contributed by atoms with E-state index in [4.69, 9.17) is 5.26 Å². The van der Waals surface area contributed by atoms with Crippen LogP contribution in [0.3, 0.4) is 0 Å². The summed E-state index contributed by atoms with van der Waals surface area (Å²) < 4.78 is 40.9. The molecule has 0 aromatic heterocycles. The van der Waals surface area contributed by atoms with Gasteiger partial charge in [0, 0.05) is 0 Å². The molecule has 112 valence electrons. The van der Waals surface area contributed by atoms with Crippen LogP contribution in [-0.4, -0.2) is 0 Å². The van der Waals surface area contributed by atoms with Gasteiger partial charge in [0.15, 0.2) is 0 Å². The minimum Gasteiger partial charge on any atom is -0.207 e. The molecule has 0 saturated carbocycles. The fraction of sp³-hybridized carbons (Fsp3) is 0.167. The third kappa shape index (κ3) is 3.56. The Hall–Kier alpha value is -2.54. The normalized spacial score (nSPS) is 10.3. The molecule has 0 radical (unpaired) electrons. The molecule has 0 amide bonds. The van der Waals surface area contributed by atoms with Crippen molar-refractivity contribution in [2.24, 2.45) is 0 Å². The summed E-state index contributed by atoms with van der Waals surface area (Å²) in [6.45, 7) is 3.60. The third-order valence-electron chi connectivity index (χ3n) is 3.39. The highest BCUT2D eigenvalue weighted by atomic mass is 19.1. The molecule has 4 heteroatoms. The van der Waals surface area contributed by atoms with E-state index in [9.17, 15) is 13.2 Å². The number of hydrogen-bond donors (Lipinski definition) is 0. The Morgan fingerprint density at radius 2 is 1.59 bits per heavy atom. The minimum atomic E-state index is -0.890. The summed E-state index contributed by atoms with van der Waals surface area (Å²) in [7, 11) is 0. The predicted molar refractivity (Wildman–Crippen MR) is 78.8 cm³/mol. The van der Waals surface area contributed by atoms with Crippen molar-refractivity contribution in [2.45, 2.75) is 19.3 Å². The Bertz CT molecular complexity index is 721. The fourth-order valence-electron chi connectivity index (χ4n) is 2.24. The lowest BCUT2D eigenvalue weighted by atomic mass is 10.0. The van der Waals surface area contributed by atoms with Crippen LogP contribution in [0.25, 0.3) is 0 Å². The molecular weight excluding hydrogens is 287 g/mol. The maximum absolute atomic E-state index is 13.9. The highest BCUT2D eigenvalue weighted by molar-refractivity contribution is 5.35. The van der Waals surface area contributed by atoms with Gasteiger partial charge in [0.05, 0.1) is 0 Å². The van der Waals surface area contributed by atoms with Crippen molar-refractivity contribution < 1.29 is 13.2 Å². The Morgan fingerprint density at radius 1 is 0.955 bits per heavy atom. The summed E-state index contributed by atoms with van der Waals surface area (Å²) >= 11 is 0. The second kappa shape index (κ2) is 6.95. The number of rotatable bonds is 5. The minimum absolute atomic E-state index is 0.289. The molecule has 2 aromatic carbocycles. The van der Waals surface area contributed by atoms with E-state index in [0.717, 1.165) is 17.7 Å². The number of benzene rings is 2. The summed E-state index contributed by atoms with van der Waals surface area (Å²) in [6.07, 6.45) is 2.89. The molecule has 0 atom stereocenters. The highest BCUT2D eigenvalue weighted by Gasteiger charge is 2.11. The first kappa shape index (κ1) is 15.8. The molecule has 0 aliphatic carbocycles. The van der Waals surface area contributed by atoms with E-state index in [1.807, 2.05) is 0 Å². The lowest BCUT2D eigenvalue weighted by Crippen LogP contribution is -1.99. The molecule has 0 unspecified atom stereocenters. The van der Waals surface area contributed by atoms with Crippen LogP contribution in [0.5, 0.6) is 0 Å². The SMILES string of the molecule is C=CCc1ccc(CCc2cc(F)c(C#N)c(F)c2)c(F)c1. The molecule has 0 heterocycles. The lowest BCUT2D eigenvalue weighted by Gasteiger charge is -2.07. The summed E-state index contributed by atoms with van der Waals surface area (Å²) in [5.74, 6) is -2.12. The molecule has 1 nitrogen and oxygen atoms in total.